The van der Waals surface area contributed by atoms with Crippen LogP contribution in [0.15, 0.2) is 42.6 Å². The summed E-state index contributed by atoms with van der Waals surface area (Å²) >= 11 is 0. The van der Waals surface area contributed by atoms with Crippen LogP contribution in [0.25, 0.3) is 0 Å². The molecule has 3 rings (SSSR count). The molecule has 1 fully saturated rings. The minimum Gasteiger partial charge on any atom is -0.490 e. The molecule has 0 N–H and O–H groups in total. The van der Waals surface area contributed by atoms with Gasteiger partial charge in [0.25, 0.3) is 5.91 Å². The number of carbonyl (C=O) groups is 2. The highest BCUT2D eigenvalue weighted by Crippen LogP contribution is 2.29. The first-order valence-corrected chi connectivity index (χ1v) is 10.6. The van der Waals surface area contributed by atoms with E-state index in [0.717, 1.165) is 12.2 Å². The molecule has 1 aromatic carbocycles. The lowest BCUT2D eigenvalue weighted by molar-refractivity contribution is -0.134. The molecule has 2 aromatic rings. The summed E-state index contributed by atoms with van der Waals surface area (Å²) in [6, 6.07) is 10.7. The highest BCUT2D eigenvalue weighted by molar-refractivity contribution is 5.92. The fraction of sp³-hybridized carbons (Fsp3) is 0.435. The highest BCUT2D eigenvalue weighted by atomic mass is 16.5. The summed E-state index contributed by atoms with van der Waals surface area (Å²) in [6.45, 7) is 7.09. The maximum absolute atomic E-state index is 12.5. The molecule has 0 unspecified atom stereocenters. The number of amides is 1. The average molecular weight is 428 g/mol. The van der Waals surface area contributed by atoms with Gasteiger partial charge in [0.05, 0.1) is 18.8 Å². The molecule has 31 heavy (non-hydrogen) atoms. The summed E-state index contributed by atoms with van der Waals surface area (Å²) in [6.07, 6.45) is 2.62. The number of nitrogens with zero attached hydrogens (tertiary/aromatic N) is 3. The maximum Gasteiger partial charge on any atom is 0.338 e. The van der Waals surface area contributed by atoms with Crippen LogP contribution in [0, 0.1) is 0 Å². The van der Waals surface area contributed by atoms with E-state index >= 15 is 0 Å². The van der Waals surface area contributed by atoms with Crippen LogP contribution in [-0.2, 0) is 9.53 Å². The Bertz CT molecular complexity index is 867. The van der Waals surface area contributed by atoms with E-state index in [-0.39, 0.29) is 12.5 Å². The Labute approximate surface area is 182 Å². The summed E-state index contributed by atoms with van der Waals surface area (Å²) in [5, 5.41) is 0. The third kappa shape index (κ3) is 6.10. The van der Waals surface area contributed by atoms with Crippen LogP contribution in [0.3, 0.4) is 0 Å². The minimum atomic E-state index is -0.566. The summed E-state index contributed by atoms with van der Waals surface area (Å²) < 4.78 is 16.5. The molecule has 0 atom stereocenters. The quantitative estimate of drug-likeness (QED) is 0.569. The van der Waals surface area contributed by atoms with Crippen molar-refractivity contribution in [1.29, 1.82) is 0 Å². The molecule has 1 aliphatic heterocycles. The van der Waals surface area contributed by atoms with Crippen LogP contribution < -0.4 is 14.4 Å². The molecule has 0 saturated carbocycles. The van der Waals surface area contributed by atoms with Gasteiger partial charge in [-0.3, -0.25) is 4.79 Å². The molecule has 0 spiro atoms. The van der Waals surface area contributed by atoms with E-state index in [1.165, 1.54) is 0 Å². The van der Waals surface area contributed by atoms with Crippen LogP contribution in [-0.4, -0.2) is 67.8 Å². The molecule has 1 saturated heterocycles. The van der Waals surface area contributed by atoms with Crippen LogP contribution >= 0.6 is 0 Å². The number of hydrogen-bond donors (Lipinski definition) is 0. The van der Waals surface area contributed by atoms with Crippen molar-refractivity contribution in [2.45, 2.75) is 20.3 Å². The van der Waals surface area contributed by atoms with Gasteiger partial charge in [0.15, 0.2) is 18.1 Å². The number of ether oxygens (including phenoxy) is 3. The third-order valence-corrected chi connectivity index (χ3v) is 4.87. The lowest BCUT2D eigenvalue weighted by atomic mass is 10.2. The van der Waals surface area contributed by atoms with E-state index in [1.54, 1.807) is 29.3 Å². The van der Waals surface area contributed by atoms with E-state index in [0.29, 0.717) is 56.5 Å². The SMILES string of the molecule is CCCOc1ccc(C(=O)OCC(=O)N2CCN(c3ccccn3)CC2)cc1OCC. The molecule has 2 heterocycles. The Morgan fingerprint density at radius 1 is 1.00 bits per heavy atom. The zero-order chi connectivity index (χ0) is 22.1. The van der Waals surface area contributed by atoms with Gasteiger partial charge in [0, 0.05) is 32.4 Å². The number of piperazine rings is 1. The Morgan fingerprint density at radius 3 is 2.48 bits per heavy atom. The Balaban J connectivity index is 1.51. The van der Waals surface area contributed by atoms with Crippen molar-refractivity contribution in [3.8, 4) is 11.5 Å². The van der Waals surface area contributed by atoms with Gasteiger partial charge in [-0.25, -0.2) is 9.78 Å². The Hall–Kier alpha value is -3.29. The summed E-state index contributed by atoms with van der Waals surface area (Å²) in [4.78, 5) is 33.1. The van der Waals surface area contributed by atoms with Crippen molar-refractivity contribution in [3.05, 3.63) is 48.2 Å². The van der Waals surface area contributed by atoms with Crippen molar-refractivity contribution in [2.75, 3.05) is 50.9 Å². The van der Waals surface area contributed by atoms with Gasteiger partial charge >= 0.3 is 5.97 Å². The Kier molecular flexibility index (Phi) is 8.09. The summed E-state index contributed by atoms with van der Waals surface area (Å²) in [5.41, 5.74) is 0.320. The van der Waals surface area contributed by atoms with Gasteiger partial charge in [-0.15, -0.1) is 0 Å². The highest BCUT2D eigenvalue weighted by Gasteiger charge is 2.23. The van der Waals surface area contributed by atoms with E-state index in [9.17, 15) is 9.59 Å². The van der Waals surface area contributed by atoms with Crippen LogP contribution in [0.1, 0.15) is 30.6 Å². The number of rotatable bonds is 9. The molecule has 1 amide bonds. The van der Waals surface area contributed by atoms with Crippen LogP contribution in [0.4, 0.5) is 5.82 Å². The molecule has 8 heteroatoms. The van der Waals surface area contributed by atoms with Gasteiger partial charge in [0.2, 0.25) is 0 Å². The molecular weight excluding hydrogens is 398 g/mol. The third-order valence-electron chi connectivity index (χ3n) is 4.87. The van der Waals surface area contributed by atoms with Gasteiger partial charge < -0.3 is 24.0 Å². The standard InChI is InChI=1S/C23H29N3O5/c1-3-15-30-19-9-8-18(16-20(19)29-4-2)23(28)31-17-22(27)26-13-11-25(12-14-26)21-7-5-6-10-24-21/h5-10,16H,3-4,11-15,17H2,1-2H3. The van der Waals surface area contributed by atoms with Crippen LogP contribution in [0.5, 0.6) is 11.5 Å². The topological polar surface area (TPSA) is 81.2 Å². The molecule has 0 bridgehead atoms. The summed E-state index contributed by atoms with van der Waals surface area (Å²) in [5.74, 6) is 1.20. The first-order chi connectivity index (χ1) is 15.1. The number of aromatic nitrogens is 1. The van der Waals surface area contributed by atoms with Crippen molar-refractivity contribution < 1.29 is 23.8 Å². The van der Waals surface area contributed by atoms with E-state index < -0.39 is 5.97 Å². The van der Waals surface area contributed by atoms with Gasteiger partial charge in [-0.05, 0) is 43.7 Å². The monoisotopic (exact) mass is 427 g/mol. The zero-order valence-corrected chi connectivity index (χ0v) is 18.1. The van der Waals surface area contributed by atoms with Crippen LogP contribution in [0.2, 0.25) is 0 Å². The van der Waals surface area contributed by atoms with Gasteiger partial charge in [-0.1, -0.05) is 13.0 Å². The number of carbonyl (C=O) groups excluding carboxylic acids is 2. The number of hydrogen-bond acceptors (Lipinski definition) is 7. The summed E-state index contributed by atoms with van der Waals surface area (Å²) in [7, 11) is 0. The molecule has 166 valence electrons. The smallest absolute Gasteiger partial charge is 0.338 e. The minimum absolute atomic E-state index is 0.207. The lowest BCUT2D eigenvalue weighted by Gasteiger charge is -2.35. The second kappa shape index (κ2) is 11.2. The van der Waals surface area contributed by atoms with Crippen molar-refractivity contribution >= 4 is 17.7 Å². The first kappa shape index (κ1) is 22.4. The number of benzene rings is 1. The molecule has 1 aliphatic rings. The maximum atomic E-state index is 12.5. The second-order valence-corrected chi connectivity index (χ2v) is 7.07. The molecular formula is C23H29N3O5. The van der Waals surface area contributed by atoms with Crippen molar-refractivity contribution in [3.63, 3.8) is 0 Å². The number of esters is 1. The van der Waals surface area contributed by atoms with Gasteiger partial charge in [-0.2, -0.15) is 0 Å². The molecule has 8 nitrogen and oxygen atoms in total. The Morgan fingerprint density at radius 2 is 1.81 bits per heavy atom. The second-order valence-electron chi connectivity index (χ2n) is 7.07. The fourth-order valence-electron chi connectivity index (χ4n) is 3.26. The van der Waals surface area contributed by atoms with E-state index in [2.05, 4.69) is 9.88 Å². The molecule has 0 radical (unpaired) electrons. The predicted molar refractivity (Wildman–Crippen MR) is 117 cm³/mol. The van der Waals surface area contributed by atoms with Gasteiger partial charge in [0.1, 0.15) is 5.82 Å². The largest absolute Gasteiger partial charge is 0.490 e. The van der Waals surface area contributed by atoms with E-state index in [4.69, 9.17) is 14.2 Å². The number of anilines is 1. The fourth-order valence-corrected chi connectivity index (χ4v) is 3.26. The first-order valence-electron chi connectivity index (χ1n) is 10.6. The zero-order valence-electron chi connectivity index (χ0n) is 18.1. The average Bonchev–Trinajstić information content (AvgIpc) is 2.82. The van der Waals surface area contributed by atoms with Crippen molar-refractivity contribution in [1.82, 2.24) is 9.88 Å². The lowest BCUT2D eigenvalue weighted by Crippen LogP contribution is -2.50. The van der Waals surface area contributed by atoms with E-state index in [1.807, 2.05) is 32.0 Å². The predicted octanol–water partition coefficient (Wildman–Crippen LogP) is 2.77. The number of pyridine rings is 1. The normalized spacial score (nSPS) is 13.6. The molecule has 1 aromatic heterocycles. The van der Waals surface area contributed by atoms with Crippen molar-refractivity contribution in [2.24, 2.45) is 0 Å². The molecule has 0 aliphatic carbocycles.